The molecular formula is C17H19N3O3. The lowest BCUT2D eigenvalue weighted by atomic mass is 10.1. The van der Waals surface area contributed by atoms with Gasteiger partial charge in [-0.15, -0.1) is 0 Å². The molecule has 1 amide bonds. The minimum Gasteiger partial charge on any atom is -0.544 e. The summed E-state index contributed by atoms with van der Waals surface area (Å²) in [6.45, 7) is 2.37. The van der Waals surface area contributed by atoms with Crippen LogP contribution in [-0.4, -0.2) is 22.9 Å². The van der Waals surface area contributed by atoms with Crippen LogP contribution in [0.2, 0.25) is 0 Å². The van der Waals surface area contributed by atoms with Crippen molar-refractivity contribution >= 4 is 17.6 Å². The largest absolute Gasteiger partial charge is 0.544 e. The average Bonchev–Trinajstić information content (AvgIpc) is 2.54. The zero-order valence-corrected chi connectivity index (χ0v) is 12.9. The monoisotopic (exact) mass is 313 g/mol. The Labute approximate surface area is 134 Å². The molecule has 0 saturated carbocycles. The Hall–Kier alpha value is -2.73. The zero-order chi connectivity index (χ0) is 16.7. The fourth-order valence-corrected chi connectivity index (χ4v) is 2.11. The third-order valence-electron chi connectivity index (χ3n) is 3.40. The highest BCUT2D eigenvalue weighted by atomic mass is 16.4. The van der Waals surface area contributed by atoms with Gasteiger partial charge in [-0.25, -0.2) is 0 Å². The van der Waals surface area contributed by atoms with Crippen molar-refractivity contribution in [3.8, 4) is 0 Å². The molecule has 6 nitrogen and oxygen atoms in total. The first kappa shape index (κ1) is 16.6. The van der Waals surface area contributed by atoms with E-state index in [-0.39, 0.29) is 12.3 Å². The van der Waals surface area contributed by atoms with Crippen LogP contribution in [0, 0.1) is 6.92 Å². The Bertz CT molecular complexity index is 657. The number of carboxylic acid groups (broad SMARTS) is 1. The molecule has 2 rings (SSSR count). The summed E-state index contributed by atoms with van der Waals surface area (Å²) in [5.41, 5.74) is 2.61. The summed E-state index contributed by atoms with van der Waals surface area (Å²) in [5, 5.41) is 15.5. The van der Waals surface area contributed by atoms with Gasteiger partial charge in [-0.1, -0.05) is 23.8 Å². The number of benzene rings is 1. The molecule has 0 aliphatic carbocycles. The van der Waals surface area contributed by atoms with E-state index in [1.807, 2.05) is 25.1 Å². The molecule has 1 heterocycles. The molecule has 0 bridgehead atoms. The lowest BCUT2D eigenvalue weighted by Crippen LogP contribution is -2.92. The summed E-state index contributed by atoms with van der Waals surface area (Å²) in [7, 11) is 0. The van der Waals surface area contributed by atoms with Gasteiger partial charge in [-0.3, -0.25) is 9.78 Å². The third-order valence-corrected chi connectivity index (χ3v) is 3.40. The van der Waals surface area contributed by atoms with Crippen molar-refractivity contribution < 1.29 is 20.0 Å². The molecule has 0 saturated heterocycles. The molecule has 2 aromatic rings. The molecule has 0 spiro atoms. The Morgan fingerprint density at radius 1 is 1.26 bits per heavy atom. The second-order valence-corrected chi connectivity index (χ2v) is 5.34. The Morgan fingerprint density at radius 3 is 2.61 bits per heavy atom. The van der Waals surface area contributed by atoms with E-state index in [1.54, 1.807) is 35.9 Å². The first-order chi connectivity index (χ1) is 11.0. The van der Waals surface area contributed by atoms with Gasteiger partial charge in [-0.2, -0.15) is 0 Å². The van der Waals surface area contributed by atoms with Crippen molar-refractivity contribution in [1.82, 2.24) is 4.98 Å². The number of aliphatic carboxylic acids is 1. The molecule has 0 fully saturated rings. The van der Waals surface area contributed by atoms with Gasteiger partial charge in [-0.05, 0) is 25.1 Å². The topological polar surface area (TPSA) is 98.7 Å². The highest BCUT2D eigenvalue weighted by Gasteiger charge is 2.18. The van der Waals surface area contributed by atoms with Gasteiger partial charge in [0.2, 0.25) is 5.91 Å². The van der Waals surface area contributed by atoms with Crippen molar-refractivity contribution in [2.24, 2.45) is 0 Å². The van der Waals surface area contributed by atoms with Gasteiger partial charge in [0.05, 0.1) is 12.4 Å². The molecule has 0 unspecified atom stereocenters. The number of hydrogen-bond donors (Lipinski definition) is 2. The van der Waals surface area contributed by atoms with Crippen molar-refractivity contribution in [1.29, 1.82) is 0 Å². The molecule has 6 heteroatoms. The first-order valence-corrected chi connectivity index (χ1v) is 7.34. The second kappa shape index (κ2) is 8.05. The van der Waals surface area contributed by atoms with Crippen LogP contribution in [0.4, 0.5) is 5.69 Å². The maximum Gasteiger partial charge on any atom is 0.230 e. The average molecular weight is 313 g/mol. The number of nitrogens with one attached hydrogen (secondary N) is 1. The number of carbonyl (C=O) groups is 2. The Balaban J connectivity index is 1.89. The van der Waals surface area contributed by atoms with E-state index in [9.17, 15) is 14.7 Å². The van der Waals surface area contributed by atoms with Gasteiger partial charge in [0.25, 0.3) is 0 Å². The van der Waals surface area contributed by atoms with Crippen LogP contribution in [0.3, 0.4) is 0 Å². The summed E-state index contributed by atoms with van der Waals surface area (Å²) in [6.07, 6.45) is 3.15. The number of pyridine rings is 1. The number of carboxylic acids is 1. The summed E-state index contributed by atoms with van der Waals surface area (Å²) in [6, 6.07) is 9.99. The summed E-state index contributed by atoms with van der Waals surface area (Å²) < 4.78 is 0. The van der Waals surface area contributed by atoms with E-state index in [2.05, 4.69) is 10.3 Å². The molecule has 1 atom stereocenters. The van der Waals surface area contributed by atoms with Gasteiger partial charge >= 0.3 is 0 Å². The Morgan fingerprint density at radius 2 is 2.00 bits per heavy atom. The van der Waals surface area contributed by atoms with Gasteiger partial charge in [0.15, 0.2) is 0 Å². The number of quaternary nitrogens is 1. The van der Waals surface area contributed by atoms with Crippen LogP contribution in [0.15, 0.2) is 48.8 Å². The molecule has 1 aromatic carbocycles. The van der Waals surface area contributed by atoms with E-state index in [4.69, 9.17) is 0 Å². The fourth-order valence-electron chi connectivity index (χ4n) is 2.11. The van der Waals surface area contributed by atoms with E-state index in [0.29, 0.717) is 12.2 Å². The summed E-state index contributed by atoms with van der Waals surface area (Å²) >= 11 is 0. The number of amides is 1. The fraction of sp³-hybridized carbons (Fsp3) is 0.235. The van der Waals surface area contributed by atoms with Crippen LogP contribution in [0.25, 0.3) is 0 Å². The minimum absolute atomic E-state index is 0.156. The number of hydrogen-bond acceptors (Lipinski definition) is 4. The maximum absolute atomic E-state index is 12.0. The smallest absolute Gasteiger partial charge is 0.230 e. The predicted molar refractivity (Wildman–Crippen MR) is 83.1 cm³/mol. The normalized spacial score (nSPS) is 11.7. The maximum atomic E-state index is 12.0. The van der Waals surface area contributed by atoms with Crippen molar-refractivity contribution in [2.45, 2.75) is 25.9 Å². The van der Waals surface area contributed by atoms with Crippen LogP contribution in [0.5, 0.6) is 0 Å². The van der Waals surface area contributed by atoms with E-state index >= 15 is 0 Å². The number of rotatable bonds is 7. The molecule has 0 aliphatic heterocycles. The quantitative estimate of drug-likeness (QED) is 0.726. The third kappa shape index (κ3) is 5.52. The lowest BCUT2D eigenvalue weighted by molar-refractivity contribution is -0.697. The lowest BCUT2D eigenvalue weighted by Gasteiger charge is -2.16. The number of nitrogens with two attached hydrogens (primary N) is 1. The number of aromatic nitrogens is 1. The highest BCUT2D eigenvalue weighted by molar-refractivity contribution is 5.93. The van der Waals surface area contributed by atoms with Crippen molar-refractivity contribution in [3.05, 3.63) is 59.9 Å². The van der Waals surface area contributed by atoms with E-state index in [0.717, 1.165) is 11.1 Å². The SMILES string of the molecule is Cc1ccc(NC(=O)C[C@@H]([NH2+]Cc2cccnc2)C(=O)[O-])cc1. The molecular weight excluding hydrogens is 294 g/mol. The van der Waals surface area contributed by atoms with Gasteiger partial charge in [0.1, 0.15) is 12.6 Å². The molecule has 3 N–H and O–H groups in total. The summed E-state index contributed by atoms with van der Waals surface area (Å²) in [5.74, 6) is -1.61. The Kier molecular flexibility index (Phi) is 5.82. The molecule has 0 aliphatic rings. The molecule has 0 radical (unpaired) electrons. The van der Waals surface area contributed by atoms with Crippen LogP contribution in [-0.2, 0) is 16.1 Å². The summed E-state index contributed by atoms with van der Waals surface area (Å²) in [4.78, 5) is 27.2. The van der Waals surface area contributed by atoms with E-state index in [1.165, 1.54) is 0 Å². The molecule has 1 aromatic heterocycles. The van der Waals surface area contributed by atoms with Crippen molar-refractivity contribution in [3.63, 3.8) is 0 Å². The minimum atomic E-state index is -1.26. The molecule has 120 valence electrons. The number of anilines is 1. The van der Waals surface area contributed by atoms with Crippen LogP contribution in [0.1, 0.15) is 17.5 Å². The van der Waals surface area contributed by atoms with Crippen LogP contribution < -0.4 is 15.7 Å². The predicted octanol–water partition coefficient (Wildman–Crippen LogP) is -0.399. The van der Waals surface area contributed by atoms with Gasteiger partial charge in [0, 0.05) is 23.6 Å². The number of aryl methyl sites for hydroxylation is 1. The molecule has 23 heavy (non-hydrogen) atoms. The first-order valence-electron chi connectivity index (χ1n) is 7.34. The second-order valence-electron chi connectivity index (χ2n) is 5.34. The van der Waals surface area contributed by atoms with Crippen LogP contribution >= 0.6 is 0 Å². The van der Waals surface area contributed by atoms with E-state index < -0.39 is 12.0 Å². The standard InChI is InChI=1S/C17H19N3O3/c1-12-4-6-14(7-5-12)20-16(21)9-15(17(22)23)19-11-13-3-2-8-18-10-13/h2-8,10,15,19H,9,11H2,1H3,(H,20,21)(H,22,23)/t15-/m1/s1. The number of nitrogens with zero attached hydrogens (tertiary/aromatic N) is 1. The number of carbonyl (C=O) groups excluding carboxylic acids is 2. The van der Waals surface area contributed by atoms with Crippen molar-refractivity contribution in [2.75, 3.05) is 5.32 Å². The zero-order valence-electron chi connectivity index (χ0n) is 12.9. The van der Waals surface area contributed by atoms with Gasteiger partial charge < -0.3 is 20.5 Å². The highest BCUT2D eigenvalue weighted by Crippen LogP contribution is 2.09.